The molecule has 1 aromatic carbocycles. The molecule has 0 aliphatic carbocycles. The van der Waals surface area contributed by atoms with Crippen molar-refractivity contribution in [3.8, 4) is 0 Å². The molecule has 0 unspecified atom stereocenters. The average molecular weight is 319 g/mol. The fourth-order valence-electron chi connectivity index (χ4n) is 2.27. The number of benzene rings is 1. The Balaban J connectivity index is 2.27. The lowest BCUT2D eigenvalue weighted by molar-refractivity contribution is 0.196. The first-order chi connectivity index (χ1) is 9.48. The molecule has 1 heterocycles. The summed E-state index contributed by atoms with van der Waals surface area (Å²) in [7, 11) is -3.59. The third-order valence-electron chi connectivity index (χ3n) is 3.57. The highest BCUT2D eigenvalue weighted by Crippen LogP contribution is 2.26. The quantitative estimate of drug-likeness (QED) is 0.905. The van der Waals surface area contributed by atoms with Crippen molar-refractivity contribution in [1.82, 2.24) is 9.21 Å². The van der Waals surface area contributed by atoms with Gasteiger partial charge in [-0.3, -0.25) is 0 Å². The molecule has 1 aromatic rings. The van der Waals surface area contributed by atoms with E-state index in [1.807, 2.05) is 0 Å². The minimum atomic E-state index is -3.59. The van der Waals surface area contributed by atoms with Crippen molar-refractivity contribution in [3.63, 3.8) is 0 Å². The van der Waals surface area contributed by atoms with Crippen LogP contribution in [-0.2, 0) is 16.6 Å². The summed E-state index contributed by atoms with van der Waals surface area (Å²) >= 11 is 6.02. The van der Waals surface area contributed by atoms with Gasteiger partial charge >= 0.3 is 0 Å². The highest BCUT2D eigenvalue weighted by atomic mass is 35.5. The van der Waals surface area contributed by atoms with Crippen molar-refractivity contribution in [2.24, 2.45) is 0 Å². The van der Waals surface area contributed by atoms with Crippen molar-refractivity contribution in [3.05, 3.63) is 28.8 Å². The van der Waals surface area contributed by atoms with Crippen LogP contribution in [0.25, 0.3) is 0 Å². The molecule has 0 amide bonds. The van der Waals surface area contributed by atoms with Crippen LogP contribution in [0.3, 0.4) is 0 Å². The molecule has 1 aliphatic rings. The average Bonchev–Trinajstić information content (AvgIpc) is 2.47. The number of nitrogens with zero attached hydrogens (tertiary/aromatic N) is 2. The molecule has 0 spiro atoms. The lowest BCUT2D eigenvalue weighted by Gasteiger charge is -2.33. The van der Waals surface area contributed by atoms with Crippen LogP contribution in [-0.4, -0.2) is 55.5 Å². The summed E-state index contributed by atoms with van der Waals surface area (Å²) in [6.07, 6.45) is 0. The van der Waals surface area contributed by atoms with E-state index >= 15 is 0 Å². The number of sulfonamides is 1. The lowest BCUT2D eigenvalue weighted by atomic mass is 10.2. The Morgan fingerprint density at radius 1 is 1.25 bits per heavy atom. The van der Waals surface area contributed by atoms with Gasteiger partial charge in [0.15, 0.2) is 0 Å². The number of hydrogen-bond acceptors (Lipinski definition) is 4. The van der Waals surface area contributed by atoms with Crippen LogP contribution in [0.1, 0.15) is 12.5 Å². The molecule has 1 aliphatic heterocycles. The van der Waals surface area contributed by atoms with E-state index in [2.05, 4.69) is 11.8 Å². The van der Waals surface area contributed by atoms with Crippen molar-refractivity contribution < 1.29 is 13.5 Å². The first kappa shape index (κ1) is 15.7. The molecule has 2 rings (SSSR count). The van der Waals surface area contributed by atoms with Crippen LogP contribution in [0.15, 0.2) is 23.1 Å². The summed E-state index contributed by atoms with van der Waals surface area (Å²) in [5.74, 6) is 0. The van der Waals surface area contributed by atoms with Crippen molar-refractivity contribution in [2.75, 3.05) is 32.7 Å². The van der Waals surface area contributed by atoms with Gasteiger partial charge in [0.2, 0.25) is 10.0 Å². The van der Waals surface area contributed by atoms with Gasteiger partial charge in [0.05, 0.1) is 11.6 Å². The van der Waals surface area contributed by atoms with Gasteiger partial charge in [-0.1, -0.05) is 24.6 Å². The fourth-order valence-corrected chi connectivity index (χ4v) is 4.22. The van der Waals surface area contributed by atoms with Crippen molar-refractivity contribution in [1.29, 1.82) is 0 Å². The molecule has 112 valence electrons. The number of aliphatic hydroxyl groups is 1. The van der Waals surface area contributed by atoms with Gasteiger partial charge in [-0.05, 0) is 24.2 Å². The summed E-state index contributed by atoms with van der Waals surface area (Å²) < 4.78 is 26.7. The van der Waals surface area contributed by atoms with Crippen LogP contribution in [0.4, 0.5) is 0 Å². The second-order valence-electron chi connectivity index (χ2n) is 4.76. The zero-order chi connectivity index (χ0) is 14.8. The minimum Gasteiger partial charge on any atom is -0.392 e. The number of aliphatic hydroxyl groups excluding tert-OH is 1. The van der Waals surface area contributed by atoms with Gasteiger partial charge in [-0.25, -0.2) is 8.42 Å². The predicted molar refractivity (Wildman–Crippen MR) is 78.2 cm³/mol. The normalized spacial score (nSPS) is 18.4. The SMILES string of the molecule is CCN1CCN(S(=O)(=O)c2cc(CO)ccc2Cl)CC1. The highest BCUT2D eigenvalue weighted by molar-refractivity contribution is 7.89. The first-order valence-electron chi connectivity index (χ1n) is 6.61. The number of hydrogen-bond donors (Lipinski definition) is 1. The fraction of sp³-hybridized carbons (Fsp3) is 0.538. The van der Waals surface area contributed by atoms with E-state index in [9.17, 15) is 8.42 Å². The molecule has 0 aromatic heterocycles. The summed E-state index contributed by atoms with van der Waals surface area (Å²) in [6, 6.07) is 4.59. The van der Waals surface area contributed by atoms with Gasteiger partial charge in [-0.15, -0.1) is 0 Å². The molecular formula is C13H19ClN2O3S. The molecule has 5 nitrogen and oxygen atoms in total. The van der Waals surface area contributed by atoms with E-state index in [4.69, 9.17) is 16.7 Å². The monoisotopic (exact) mass is 318 g/mol. The van der Waals surface area contributed by atoms with E-state index in [0.717, 1.165) is 19.6 Å². The molecule has 1 fully saturated rings. The Hall–Kier alpha value is -0.660. The molecule has 20 heavy (non-hydrogen) atoms. The zero-order valence-electron chi connectivity index (χ0n) is 11.4. The molecule has 1 saturated heterocycles. The topological polar surface area (TPSA) is 60.9 Å². The molecular weight excluding hydrogens is 300 g/mol. The maximum absolute atomic E-state index is 12.6. The van der Waals surface area contributed by atoms with E-state index in [1.54, 1.807) is 6.07 Å². The van der Waals surface area contributed by atoms with E-state index < -0.39 is 10.0 Å². The molecule has 1 N–H and O–H groups in total. The number of halogens is 1. The second-order valence-corrected chi connectivity index (χ2v) is 7.07. The minimum absolute atomic E-state index is 0.0793. The molecule has 0 bridgehead atoms. The van der Waals surface area contributed by atoms with Crippen molar-refractivity contribution >= 4 is 21.6 Å². The number of piperazine rings is 1. The van der Waals surface area contributed by atoms with E-state index in [0.29, 0.717) is 18.7 Å². The van der Waals surface area contributed by atoms with Crippen LogP contribution in [0, 0.1) is 0 Å². The largest absolute Gasteiger partial charge is 0.392 e. The zero-order valence-corrected chi connectivity index (χ0v) is 13.0. The van der Waals surface area contributed by atoms with Crippen molar-refractivity contribution in [2.45, 2.75) is 18.4 Å². The van der Waals surface area contributed by atoms with Gasteiger partial charge in [0.25, 0.3) is 0 Å². The Kier molecular flexibility index (Phi) is 5.04. The number of likely N-dealkylation sites (N-methyl/N-ethyl adjacent to an activating group) is 1. The van der Waals surface area contributed by atoms with Crippen LogP contribution >= 0.6 is 11.6 Å². The standard InChI is InChI=1S/C13H19ClN2O3S/c1-2-15-5-7-16(8-6-15)20(18,19)13-9-11(10-17)3-4-12(13)14/h3-4,9,17H,2,5-8,10H2,1H3. The Morgan fingerprint density at radius 3 is 2.45 bits per heavy atom. The third-order valence-corrected chi connectivity index (χ3v) is 5.95. The van der Waals surface area contributed by atoms with Crippen LogP contribution in [0.2, 0.25) is 5.02 Å². The predicted octanol–water partition coefficient (Wildman–Crippen LogP) is 1.16. The van der Waals surface area contributed by atoms with Gasteiger partial charge < -0.3 is 10.0 Å². The maximum Gasteiger partial charge on any atom is 0.244 e. The molecule has 0 atom stereocenters. The number of rotatable bonds is 4. The second kappa shape index (κ2) is 6.41. The Bertz CT molecular complexity index is 569. The highest BCUT2D eigenvalue weighted by Gasteiger charge is 2.29. The van der Waals surface area contributed by atoms with Gasteiger partial charge in [0, 0.05) is 26.2 Å². The van der Waals surface area contributed by atoms with Crippen LogP contribution in [0.5, 0.6) is 0 Å². The third kappa shape index (κ3) is 3.15. The van der Waals surface area contributed by atoms with Crippen LogP contribution < -0.4 is 0 Å². The Morgan fingerprint density at radius 2 is 1.90 bits per heavy atom. The first-order valence-corrected chi connectivity index (χ1v) is 8.42. The summed E-state index contributed by atoms with van der Waals surface area (Å²) in [5, 5.41) is 9.33. The maximum atomic E-state index is 12.6. The van der Waals surface area contributed by atoms with E-state index in [-0.39, 0.29) is 16.5 Å². The molecule has 0 saturated carbocycles. The van der Waals surface area contributed by atoms with Gasteiger partial charge in [-0.2, -0.15) is 4.31 Å². The Labute approximate surface area is 124 Å². The summed E-state index contributed by atoms with van der Waals surface area (Å²) in [6.45, 7) is 5.18. The molecule has 7 heteroatoms. The van der Waals surface area contributed by atoms with Gasteiger partial charge in [0.1, 0.15) is 4.90 Å². The smallest absolute Gasteiger partial charge is 0.244 e. The lowest BCUT2D eigenvalue weighted by Crippen LogP contribution is -2.48. The van der Waals surface area contributed by atoms with E-state index in [1.165, 1.54) is 16.4 Å². The molecule has 0 radical (unpaired) electrons. The summed E-state index contributed by atoms with van der Waals surface area (Å²) in [4.78, 5) is 2.29. The summed E-state index contributed by atoms with van der Waals surface area (Å²) in [5.41, 5.74) is 0.542.